The molecule has 0 bridgehead atoms. The molecule has 0 aliphatic heterocycles. The summed E-state index contributed by atoms with van der Waals surface area (Å²) in [6.07, 6.45) is 0. The molecule has 4 nitrogen and oxygen atoms in total. The van der Waals surface area contributed by atoms with Crippen molar-refractivity contribution in [3.05, 3.63) is 0 Å². The van der Waals surface area contributed by atoms with Crippen LogP contribution in [0.25, 0.3) is 0 Å². The van der Waals surface area contributed by atoms with Crippen molar-refractivity contribution in [3.8, 4) is 6.07 Å². The number of carbonyl (C=O) groups is 1. The first-order valence-corrected chi connectivity index (χ1v) is 9.23. The van der Waals surface area contributed by atoms with Gasteiger partial charge in [0.1, 0.15) is 5.78 Å². The fourth-order valence-corrected chi connectivity index (χ4v) is 0. The Bertz CT molecular complexity index is 329. The minimum absolute atomic E-state index is 0. The van der Waals surface area contributed by atoms with E-state index in [1.807, 2.05) is 67.6 Å². The van der Waals surface area contributed by atoms with E-state index in [1.165, 1.54) is 0 Å². The van der Waals surface area contributed by atoms with E-state index in [-0.39, 0.29) is 31.5 Å². The highest BCUT2D eigenvalue weighted by Crippen LogP contribution is 2.12. The van der Waals surface area contributed by atoms with E-state index >= 15 is 0 Å². The quantitative estimate of drug-likeness (QED) is 0.467. The molecule has 0 heterocycles. The summed E-state index contributed by atoms with van der Waals surface area (Å²) in [6, 6.07) is 2.10. The van der Waals surface area contributed by atoms with Gasteiger partial charge in [0.05, 0.1) is 11.7 Å². The molecule has 0 aromatic rings. The van der Waals surface area contributed by atoms with E-state index in [4.69, 9.17) is 10.4 Å². The van der Waals surface area contributed by atoms with Gasteiger partial charge < -0.3 is 10.0 Å². The molecule has 0 saturated heterocycles. The first-order chi connectivity index (χ1) is 11.0. The number of nitrogens with zero attached hydrogens (tertiary/aromatic N) is 2. The van der Waals surface area contributed by atoms with Gasteiger partial charge in [-0.05, 0) is 75.5 Å². The van der Waals surface area contributed by atoms with Crippen LogP contribution >= 0.6 is 0 Å². The highest BCUT2D eigenvalue weighted by molar-refractivity contribution is 5.80. The van der Waals surface area contributed by atoms with Crippen LogP contribution < -0.4 is 0 Å². The molecule has 4 heteroatoms. The molecule has 0 aromatic carbocycles. The minimum atomic E-state index is -0.500. The molecule has 0 radical (unpaired) electrons. The summed E-state index contributed by atoms with van der Waals surface area (Å²) in [7, 11) is 6.00. The van der Waals surface area contributed by atoms with Crippen LogP contribution in [0.4, 0.5) is 0 Å². The summed E-state index contributed by atoms with van der Waals surface area (Å²) in [5, 5.41) is 16.7. The number of Topliss-reactive ketones (excluding diaryl/α,β-unsaturated/α-hetero) is 1. The lowest BCUT2D eigenvalue weighted by atomic mass is 9.92. The number of hydrogen-bond donors (Lipinski definition) is 1. The number of nitriles is 1. The fourth-order valence-electron chi connectivity index (χ4n) is 0. The highest BCUT2D eigenvalue weighted by Gasteiger charge is 2.14. The van der Waals surface area contributed by atoms with E-state index < -0.39 is 5.60 Å². The molecule has 28 heavy (non-hydrogen) atoms. The van der Waals surface area contributed by atoms with E-state index in [9.17, 15) is 4.79 Å². The van der Waals surface area contributed by atoms with E-state index in [1.54, 1.807) is 27.7 Å². The normalized spacial score (nSPS) is 9.79. The third-order valence-corrected chi connectivity index (χ3v) is 1.39. The maximum Gasteiger partial charge on any atom is 0.135 e. The zero-order valence-electron chi connectivity index (χ0n) is 20.8. The van der Waals surface area contributed by atoms with Crippen molar-refractivity contribution in [3.63, 3.8) is 0 Å². The van der Waals surface area contributed by atoms with Crippen molar-refractivity contribution in [1.82, 2.24) is 4.90 Å². The second-order valence-electron chi connectivity index (χ2n) is 10.4. The van der Waals surface area contributed by atoms with Crippen LogP contribution in [0.1, 0.15) is 105 Å². The average Bonchev–Trinajstić information content (AvgIpc) is 2.23. The van der Waals surface area contributed by atoms with Crippen molar-refractivity contribution in [1.29, 1.82) is 5.26 Å². The predicted molar refractivity (Wildman–Crippen MR) is 131 cm³/mol. The number of aliphatic hydroxyl groups is 1. The Kier molecular flexibility index (Phi) is 36.5. The zero-order chi connectivity index (χ0) is 22.9. The van der Waals surface area contributed by atoms with Gasteiger partial charge in [-0.3, -0.25) is 4.79 Å². The van der Waals surface area contributed by atoms with E-state index in [0.717, 1.165) is 5.92 Å². The summed E-state index contributed by atoms with van der Waals surface area (Å²) in [4.78, 5) is 12.5. The van der Waals surface area contributed by atoms with Crippen LogP contribution in [0.2, 0.25) is 0 Å². The number of carbonyl (C=O) groups excluding carboxylic acids is 1. The molecule has 0 aliphatic rings. The molecular weight excluding hydrogens is 348 g/mol. The molecule has 0 amide bonds. The molecule has 0 unspecified atom stereocenters. The molecule has 0 spiro atoms. The molecule has 0 aliphatic carbocycles. The van der Waals surface area contributed by atoms with Crippen LogP contribution in [-0.4, -0.2) is 42.5 Å². The van der Waals surface area contributed by atoms with Gasteiger partial charge in [0.25, 0.3) is 0 Å². The lowest BCUT2D eigenvalue weighted by Crippen LogP contribution is -2.15. The van der Waals surface area contributed by atoms with Gasteiger partial charge in [0.2, 0.25) is 0 Å². The topological polar surface area (TPSA) is 64.3 Å². The molecule has 176 valence electrons. The first-order valence-electron chi connectivity index (χ1n) is 9.23. The van der Waals surface area contributed by atoms with Gasteiger partial charge in [0, 0.05) is 10.8 Å². The van der Waals surface area contributed by atoms with Crippen LogP contribution in [0, 0.1) is 28.1 Å². The summed E-state index contributed by atoms with van der Waals surface area (Å²) < 4.78 is 0. The Hall–Kier alpha value is -0.920. The largest absolute Gasteiger partial charge is 0.391 e. The van der Waals surface area contributed by atoms with Crippen molar-refractivity contribution in [2.45, 2.75) is 110 Å². The molecule has 0 fully saturated rings. The SMILES string of the molecule is C.C.CC(=O)C(C)(C)C.CC(C)(C)C#N.CC(C)(C)O.CC(C)C.CN(C)C. The van der Waals surface area contributed by atoms with Crippen LogP contribution in [-0.2, 0) is 4.79 Å². The second kappa shape index (κ2) is 22.4. The standard InChI is InChI=1S/C6H12O.C5H9N.C4H10O.C4H10.C3H9N.2CH4/c1-5(7)6(2,3)4;1-5(2,3)4-6;1-4(2,3)5;2*1-4(2)3;;/h1-4H3;1-3H3;5H,1-3H3;4H,1-3H3;1-3H3;2*1H4. The fraction of sp³-hybridized carbons (Fsp3) is 0.917. The Morgan fingerprint density at radius 3 is 0.929 bits per heavy atom. The van der Waals surface area contributed by atoms with Gasteiger partial charge in [-0.2, -0.15) is 5.26 Å². The molecule has 1 N–H and O–H groups in total. The van der Waals surface area contributed by atoms with Crippen molar-refractivity contribution in [2.75, 3.05) is 21.1 Å². The van der Waals surface area contributed by atoms with E-state index in [2.05, 4.69) is 26.8 Å². The monoisotopic (exact) mass is 406 g/mol. The third-order valence-electron chi connectivity index (χ3n) is 1.39. The average molecular weight is 407 g/mol. The van der Waals surface area contributed by atoms with Crippen molar-refractivity contribution < 1.29 is 9.90 Å². The van der Waals surface area contributed by atoms with Gasteiger partial charge in [-0.15, -0.1) is 0 Å². The Balaban J connectivity index is -0.0000000393. The van der Waals surface area contributed by atoms with Crippen molar-refractivity contribution >= 4 is 5.78 Å². The smallest absolute Gasteiger partial charge is 0.135 e. The summed E-state index contributed by atoms with van der Waals surface area (Å²) in [5.41, 5.74) is -0.792. The number of rotatable bonds is 0. The minimum Gasteiger partial charge on any atom is -0.391 e. The van der Waals surface area contributed by atoms with Crippen molar-refractivity contribution in [2.24, 2.45) is 16.7 Å². The molecule has 0 aromatic heterocycles. The maximum atomic E-state index is 10.5. The highest BCUT2D eigenvalue weighted by atomic mass is 16.3. The molecule has 0 rings (SSSR count). The maximum absolute atomic E-state index is 10.5. The van der Waals surface area contributed by atoms with Crippen LogP contribution in [0.15, 0.2) is 0 Å². The van der Waals surface area contributed by atoms with Crippen LogP contribution in [0.3, 0.4) is 0 Å². The zero-order valence-corrected chi connectivity index (χ0v) is 20.8. The Morgan fingerprint density at radius 1 is 0.857 bits per heavy atom. The lowest BCUT2D eigenvalue weighted by Gasteiger charge is -2.11. The van der Waals surface area contributed by atoms with Gasteiger partial charge in [-0.25, -0.2) is 0 Å². The molecule has 0 saturated carbocycles. The third kappa shape index (κ3) is 223. The van der Waals surface area contributed by atoms with Gasteiger partial charge >= 0.3 is 0 Å². The van der Waals surface area contributed by atoms with Gasteiger partial charge in [-0.1, -0.05) is 56.4 Å². The number of hydrogen-bond acceptors (Lipinski definition) is 4. The van der Waals surface area contributed by atoms with Gasteiger partial charge in [0.15, 0.2) is 0 Å². The molecule has 0 atom stereocenters. The predicted octanol–water partition coefficient (Wildman–Crippen LogP) is 7.07. The Labute approximate surface area is 180 Å². The first kappa shape index (κ1) is 45.7. The second-order valence-corrected chi connectivity index (χ2v) is 10.4. The summed E-state index contributed by atoms with van der Waals surface area (Å²) in [5.74, 6) is 1.08. The van der Waals surface area contributed by atoms with Crippen LogP contribution in [0.5, 0.6) is 0 Å². The van der Waals surface area contributed by atoms with E-state index in [0.29, 0.717) is 0 Å². The molecular formula is C24H58N2O2. The summed E-state index contributed by atoms with van der Waals surface area (Å²) in [6.45, 7) is 24.7. The Morgan fingerprint density at radius 2 is 0.929 bits per heavy atom. The number of ketones is 1. The summed E-state index contributed by atoms with van der Waals surface area (Å²) >= 11 is 0. The lowest BCUT2D eigenvalue weighted by molar-refractivity contribution is -0.124.